The highest BCUT2D eigenvalue weighted by atomic mass is 32.2. The second-order valence-corrected chi connectivity index (χ2v) is 9.71. The van der Waals surface area contributed by atoms with E-state index in [9.17, 15) is 26.8 Å². The van der Waals surface area contributed by atoms with E-state index in [1.807, 2.05) is 0 Å². The molecular weight excluding hydrogens is 506 g/mol. The van der Waals surface area contributed by atoms with Gasteiger partial charge in [-0.1, -0.05) is 0 Å². The molecule has 0 spiro atoms. The molecule has 0 unspecified atom stereocenters. The Hall–Kier alpha value is -4.91. The molecular formula is C24H16F2N6O4S. The number of halogens is 2. The van der Waals surface area contributed by atoms with Gasteiger partial charge in [0.1, 0.15) is 23.1 Å². The topological polar surface area (TPSA) is 139 Å². The molecule has 3 heterocycles. The summed E-state index contributed by atoms with van der Waals surface area (Å²) in [5.74, 6) is -3.16. The molecule has 10 nitrogen and oxygen atoms in total. The maximum Gasteiger partial charge on any atom is 0.275 e. The zero-order valence-corrected chi connectivity index (χ0v) is 19.5. The number of sulfone groups is 1. The van der Waals surface area contributed by atoms with Crippen LogP contribution in [0.2, 0.25) is 0 Å². The van der Waals surface area contributed by atoms with Crippen molar-refractivity contribution in [2.45, 2.75) is 9.79 Å². The van der Waals surface area contributed by atoms with Gasteiger partial charge in [-0.15, -0.1) is 0 Å². The van der Waals surface area contributed by atoms with Gasteiger partial charge in [0.15, 0.2) is 0 Å². The fraction of sp³-hybridized carbons (Fsp3) is 0. The van der Waals surface area contributed by atoms with Gasteiger partial charge in [0.2, 0.25) is 9.84 Å². The van der Waals surface area contributed by atoms with E-state index < -0.39 is 38.2 Å². The van der Waals surface area contributed by atoms with Gasteiger partial charge >= 0.3 is 0 Å². The molecule has 0 bridgehead atoms. The molecule has 3 aromatic heterocycles. The summed E-state index contributed by atoms with van der Waals surface area (Å²) in [5.41, 5.74) is 3.23. The number of carbonyl (C=O) groups excluding carboxylic acids is 2. The Morgan fingerprint density at radius 3 is 2.43 bits per heavy atom. The second kappa shape index (κ2) is 9.28. The number of aromatic amines is 1. The SMILES string of the molecule is O=C(Nc1ncccc1C(=O)Nn1ncc2cc(S(=O)(=O)c3cc(F)cc(F)c3)ccc21)c1ccc[nH]1. The molecule has 0 aliphatic heterocycles. The van der Waals surface area contributed by atoms with Crippen LogP contribution in [0.1, 0.15) is 20.8 Å². The van der Waals surface area contributed by atoms with Crippen molar-refractivity contribution in [1.82, 2.24) is 19.9 Å². The number of benzene rings is 2. The van der Waals surface area contributed by atoms with Gasteiger partial charge in [0, 0.05) is 23.8 Å². The predicted molar refractivity (Wildman–Crippen MR) is 128 cm³/mol. The van der Waals surface area contributed by atoms with Crippen LogP contribution in [0.15, 0.2) is 89.0 Å². The minimum absolute atomic E-state index is 0.0202. The highest BCUT2D eigenvalue weighted by Crippen LogP contribution is 2.26. The Balaban J connectivity index is 1.41. The molecule has 0 saturated carbocycles. The number of hydrogen-bond acceptors (Lipinski definition) is 6. The predicted octanol–water partition coefficient (Wildman–Crippen LogP) is 3.51. The number of rotatable bonds is 6. The second-order valence-electron chi connectivity index (χ2n) is 7.76. The third-order valence-corrected chi connectivity index (χ3v) is 7.06. The van der Waals surface area contributed by atoms with Gasteiger partial charge < -0.3 is 10.3 Å². The van der Waals surface area contributed by atoms with Crippen molar-refractivity contribution in [1.29, 1.82) is 0 Å². The third-order valence-electron chi connectivity index (χ3n) is 5.33. The number of aromatic nitrogens is 4. The molecule has 5 rings (SSSR count). The van der Waals surface area contributed by atoms with E-state index in [2.05, 4.69) is 25.8 Å². The maximum absolute atomic E-state index is 13.6. The van der Waals surface area contributed by atoms with Crippen LogP contribution in [0, 0.1) is 11.6 Å². The molecule has 0 fully saturated rings. The smallest absolute Gasteiger partial charge is 0.275 e. The Morgan fingerprint density at radius 2 is 1.70 bits per heavy atom. The normalized spacial score (nSPS) is 11.4. The first-order valence-electron chi connectivity index (χ1n) is 10.6. The van der Waals surface area contributed by atoms with Crippen molar-refractivity contribution < 1.29 is 26.8 Å². The summed E-state index contributed by atoms with van der Waals surface area (Å²) in [6, 6.07) is 12.1. The van der Waals surface area contributed by atoms with Crippen LogP contribution >= 0.6 is 0 Å². The monoisotopic (exact) mass is 522 g/mol. The van der Waals surface area contributed by atoms with E-state index in [1.165, 1.54) is 42.7 Å². The largest absolute Gasteiger partial charge is 0.357 e. The molecule has 0 aliphatic rings. The number of nitrogens with one attached hydrogen (secondary N) is 3. The molecule has 2 aromatic carbocycles. The number of fused-ring (bicyclic) bond motifs is 1. The summed E-state index contributed by atoms with van der Waals surface area (Å²) in [6.07, 6.45) is 4.31. The van der Waals surface area contributed by atoms with Crippen LogP contribution in [-0.4, -0.2) is 40.1 Å². The van der Waals surface area contributed by atoms with E-state index >= 15 is 0 Å². The molecule has 0 saturated heterocycles. The molecule has 37 heavy (non-hydrogen) atoms. The standard InChI is InChI=1S/C24H16F2N6O4S/c25-15-10-16(26)12-18(11-15)37(35,36)17-5-6-21-14(9-17)13-29-32(21)31-23(33)19-3-1-8-28-22(19)30-24(34)20-4-2-7-27-20/h1-13,27H,(H,31,33)(H,28,30,34). The summed E-state index contributed by atoms with van der Waals surface area (Å²) in [5, 5.41) is 6.98. The number of pyridine rings is 1. The van der Waals surface area contributed by atoms with Crippen molar-refractivity contribution in [2.75, 3.05) is 10.7 Å². The van der Waals surface area contributed by atoms with Crippen molar-refractivity contribution >= 4 is 38.4 Å². The summed E-state index contributed by atoms with van der Waals surface area (Å²) >= 11 is 0. The number of carbonyl (C=O) groups is 2. The van der Waals surface area contributed by atoms with E-state index in [0.29, 0.717) is 17.0 Å². The quantitative estimate of drug-likeness (QED) is 0.312. The van der Waals surface area contributed by atoms with E-state index in [1.54, 1.807) is 18.3 Å². The van der Waals surface area contributed by atoms with Crippen molar-refractivity contribution in [3.63, 3.8) is 0 Å². The molecule has 5 aromatic rings. The average molecular weight is 522 g/mol. The lowest BCUT2D eigenvalue weighted by atomic mass is 10.2. The van der Waals surface area contributed by atoms with Gasteiger partial charge in [-0.2, -0.15) is 9.89 Å². The number of nitrogens with zero attached hydrogens (tertiary/aromatic N) is 3. The van der Waals surface area contributed by atoms with E-state index in [-0.39, 0.29) is 22.0 Å². The molecule has 0 radical (unpaired) electrons. The van der Waals surface area contributed by atoms with Crippen molar-refractivity contribution in [3.05, 3.63) is 102 Å². The molecule has 2 amide bonds. The maximum atomic E-state index is 13.6. The lowest BCUT2D eigenvalue weighted by molar-refractivity contribution is 0.101. The summed E-state index contributed by atoms with van der Waals surface area (Å²) < 4.78 is 52.9. The van der Waals surface area contributed by atoms with Crippen LogP contribution < -0.4 is 10.7 Å². The lowest BCUT2D eigenvalue weighted by Crippen LogP contribution is -2.26. The minimum atomic E-state index is -4.22. The van der Waals surface area contributed by atoms with Crippen LogP contribution in [0.3, 0.4) is 0 Å². The van der Waals surface area contributed by atoms with Gasteiger partial charge in [0.25, 0.3) is 11.8 Å². The zero-order chi connectivity index (χ0) is 26.2. The third kappa shape index (κ3) is 4.67. The van der Waals surface area contributed by atoms with E-state index in [4.69, 9.17) is 0 Å². The fourth-order valence-electron chi connectivity index (χ4n) is 3.58. The zero-order valence-electron chi connectivity index (χ0n) is 18.6. The molecule has 0 atom stereocenters. The molecule has 0 aliphatic carbocycles. The first kappa shape index (κ1) is 23.8. The summed E-state index contributed by atoms with van der Waals surface area (Å²) in [4.78, 5) is 32.6. The Bertz CT molecular complexity index is 1750. The first-order chi connectivity index (χ1) is 17.7. The summed E-state index contributed by atoms with van der Waals surface area (Å²) in [7, 11) is -4.22. The van der Waals surface area contributed by atoms with Crippen LogP contribution in [-0.2, 0) is 9.84 Å². The number of anilines is 1. The van der Waals surface area contributed by atoms with Crippen molar-refractivity contribution in [3.8, 4) is 0 Å². The average Bonchev–Trinajstić information content (AvgIpc) is 3.54. The van der Waals surface area contributed by atoms with E-state index in [0.717, 1.165) is 16.9 Å². The van der Waals surface area contributed by atoms with Crippen LogP contribution in [0.25, 0.3) is 10.9 Å². The van der Waals surface area contributed by atoms with Crippen LogP contribution in [0.5, 0.6) is 0 Å². The molecule has 13 heteroatoms. The molecule has 186 valence electrons. The lowest BCUT2D eigenvalue weighted by Gasteiger charge is -2.11. The van der Waals surface area contributed by atoms with Gasteiger partial charge in [0.05, 0.1) is 27.1 Å². The summed E-state index contributed by atoms with van der Waals surface area (Å²) in [6.45, 7) is 0. The van der Waals surface area contributed by atoms with Gasteiger partial charge in [-0.05, 0) is 54.6 Å². The number of amides is 2. The fourth-order valence-corrected chi connectivity index (χ4v) is 4.91. The highest BCUT2D eigenvalue weighted by molar-refractivity contribution is 7.91. The molecule has 3 N–H and O–H groups in total. The number of H-pyrrole nitrogens is 1. The number of hydrogen-bond donors (Lipinski definition) is 3. The first-order valence-corrected chi connectivity index (χ1v) is 12.1. The Kier molecular flexibility index (Phi) is 5.97. The minimum Gasteiger partial charge on any atom is -0.357 e. The highest BCUT2D eigenvalue weighted by Gasteiger charge is 2.22. The Labute approximate surface area is 207 Å². The van der Waals surface area contributed by atoms with Crippen LogP contribution in [0.4, 0.5) is 14.6 Å². The Morgan fingerprint density at radius 1 is 0.919 bits per heavy atom. The van der Waals surface area contributed by atoms with Crippen molar-refractivity contribution in [2.24, 2.45) is 0 Å². The van der Waals surface area contributed by atoms with Gasteiger partial charge in [-0.3, -0.25) is 9.59 Å². The van der Waals surface area contributed by atoms with Gasteiger partial charge in [-0.25, -0.2) is 27.6 Å².